The molecule has 0 bridgehead atoms. The highest BCUT2D eigenvalue weighted by atomic mass is 32.2. The second-order valence-electron chi connectivity index (χ2n) is 7.19. The number of likely N-dealkylation sites (tertiary alicyclic amines) is 1. The monoisotopic (exact) mass is 336 g/mol. The summed E-state index contributed by atoms with van der Waals surface area (Å²) in [5.41, 5.74) is 1.47. The summed E-state index contributed by atoms with van der Waals surface area (Å²) in [6.45, 7) is 2.72. The lowest BCUT2D eigenvalue weighted by atomic mass is 9.75. The van der Waals surface area contributed by atoms with Crippen molar-refractivity contribution in [1.82, 2.24) is 10.2 Å². The van der Waals surface area contributed by atoms with Gasteiger partial charge in [0, 0.05) is 24.9 Å². The van der Waals surface area contributed by atoms with Gasteiger partial charge in [-0.1, -0.05) is 30.3 Å². The first-order valence-electron chi connectivity index (χ1n) is 8.71. The van der Waals surface area contributed by atoms with E-state index in [1.807, 2.05) is 0 Å². The Kier molecular flexibility index (Phi) is 5.39. The average molecular weight is 337 g/mol. The molecule has 0 unspecified atom stereocenters. The molecule has 1 aromatic rings. The van der Waals surface area contributed by atoms with E-state index < -0.39 is 9.84 Å². The maximum atomic E-state index is 11.2. The van der Waals surface area contributed by atoms with E-state index in [-0.39, 0.29) is 5.75 Å². The molecule has 3 rings (SSSR count). The molecule has 1 aliphatic carbocycles. The Labute approximate surface area is 140 Å². The van der Waals surface area contributed by atoms with E-state index in [2.05, 4.69) is 40.5 Å². The second kappa shape index (κ2) is 7.32. The van der Waals surface area contributed by atoms with E-state index in [1.54, 1.807) is 0 Å². The number of hydrogen-bond donors (Lipinski definition) is 1. The number of nitrogens with one attached hydrogen (secondary N) is 1. The molecule has 128 valence electrons. The highest BCUT2D eigenvalue weighted by Gasteiger charge is 2.32. The van der Waals surface area contributed by atoms with Crippen LogP contribution in [0.1, 0.15) is 37.2 Å². The van der Waals surface area contributed by atoms with Gasteiger partial charge in [-0.2, -0.15) is 0 Å². The summed E-state index contributed by atoms with van der Waals surface area (Å²) in [4.78, 5) is 2.28. The topological polar surface area (TPSA) is 49.4 Å². The molecule has 0 atom stereocenters. The molecule has 1 heterocycles. The van der Waals surface area contributed by atoms with Gasteiger partial charge < -0.3 is 10.2 Å². The van der Waals surface area contributed by atoms with Gasteiger partial charge >= 0.3 is 0 Å². The maximum Gasteiger partial charge on any atom is 0.148 e. The van der Waals surface area contributed by atoms with Crippen LogP contribution in [0.25, 0.3) is 0 Å². The minimum absolute atomic E-state index is 0.284. The van der Waals surface area contributed by atoms with Gasteiger partial charge in [-0.15, -0.1) is 0 Å². The standard InChI is InChI=1S/C18H28N2O2S/c1-23(21,22)12-11-20-9-7-17(8-10-20)19-18-13-16(14-18)15-5-3-2-4-6-15/h2-6,16-19H,7-14H2,1H3. The molecule has 1 aromatic carbocycles. The minimum Gasteiger partial charge on any atom is -0.311 e. The van der Waals surface area contributed by atoms with Crippen molar-refractivity contribution in [3.05, 3.63) is 35.9 Å². The summed E-state index contributed by atoms with van der Waals surface area (Å²) in [7, 11) is -2.84. The van der Waals surface area contributed by atoms with Crippen LogP contribution in [-0.2, 0) is 9.84 Å². The third kappa shape index (κ3) is 5.03. The molecule has 2 fully saturated rings. The molecule has 2 aliphatic rings. The van der Waals surface area contributed by atoms with E-state index in [4.69, 9.17) is 0 Å². The van der Waals surface area contributed by atoms with Crippen molar-refractivity contribution in [1.29, 1.82) is 0 Å². The lowest BCUT2D eigenvalue weighted by molar-refractivity contribution is 0.176. The van der Waals surface area contributed by atoms with Crippen LogP contribution in [0.15, 0.2) is 30.3 Å². The number of hydrogen-bond acceptors (Lipinski definition) is 4. The molecule has 1 saturated carbocycles. The van der Waals surface area contributed by atoms with E-state index in [0.717, 1.165) is 31.8 Å². The van der Waals surface area contributed by atoms with Crippen molar-refractivity contribution in [2.45, 2.75) is 43.7 Å². The van der Waals surface area contributed by atoms with Crippen LogP contribution in [0.5, 0.6) is 0 Å². The average Bonchev–Trinajstić information content (AvgIpc) is 2.50. The van der Waals surface area contributed by atoms with Crippen LogP contribution in [0.3, 0.4) is 0 Å². The Morgan fingerprint density at radius 1 is 1.09 bits per heavy atom. The van der Waals surface area contributed by atoms with Crippen LogP contribution in [0.2, 0.25) is 0 Å². The fourth-order valence-corrected chi connectivity index (χ4v) is 4.29. The Hall–Kier alpha value is -0.910. The molecule has 1 N–H and O–H groups in total. The summed E-state index contributed by atoms with van der Waals surface area (Å²) in [6.07, 6.45) is 6.09. The molecule has 0 aromatic heterocycles. The van der Waals surface area contributed by atoms with E-state index in [0.29, 0.717) is 18.6 Å². The minimum atomic E-state index is -2.84. The molecule has 0 radical (unpaired) electrons. The largest absolute Gasteiger partial charge is 0.311 e. The first-order valence-corrected chi connectivity index (χ1v) is 10.8. The third-order valence-electron chi connectivity index (χ3n) is 5.25. The van der Waals surface area contributed by atoms with Crippen LogP contribution < -0.4 is 5.32 Å². The predicted octanol–water partition coefficient (Wildman–Crippen LogP) is 2.03. The van der Waals surface area contributed by atoms with Gasteiger partial charge in [-0.05, 0) is 50.3 Å². The van der Waals surface area contributed by atoms with Crippen molar-refractivity contribution in [3.63, 3.8) is 0 Å². The smallest absolute Gasteiger partial charge is 0.148 e. The van der Waals surface area contributed by atoms with Gasteiger partial charge in [-0.25, -0.2) is 8.42 Å². The Balaban J connectivity index is 1.34. The summed E-state index contributed by atoms with van der Waals surface area (Å²) in [6, 6.07) is 12.1. The van der Waals surface area contributed by atoms with Gasteiger partial charge in [0.2, 0.25) is 0 Å². The number of nitrogens with zero attached hydrogens (tertiary/aromatic N) is 1. The van der Waals surface area contributed by atoms with Crippen molar-refractivity contribution in [2.75, 3.05) is 31.6 Å². The summed E-state index contributed by atoms with van der Waals surface area (Å²) in [5, 5.41) is 3.80. The molecule has 23 heavy (non-hydrogen) atoms. The molecule has 4 nitrogen and oxygen atoms in total. The van der Waals surface area contributed by atoms with E-state index in [9.17, 15) is 8.42 Å². The SMILES string of the molecule is CS(=O)(=O)CCN1CCC(NC2CC(c3ccccc3)C2)CC1. The zero-order chi connectivity index (χ0) is 16.3. The molecule has 0 amide bonds. The van der Waals surface area contributed by atoms with Crippen molar-refractivity contribution in [2.24, 2.45) is 0 Å². The molecule has 1 aliphatic heterocycles. The Morgan fingerprint density at radius 2 is 1.74 bits per heavy atom. The van der Waals surface area contributed by atoms with E-state index in [1.165, 1.54) is 24.7 Å². The quantitative estimate of drug-likeness (QED) is 0.864. The highest BCUT2D eigenvalue weighted by molar-refractivity contribution is 7.90. The first-order chi connectivity index (χ1) is 11.0. The Morgan fingerprint density at radius 3 is 2.35 bits per heavy atom. The summed E-state index contributed by atoms with van der Waals surface area (Å²) >= 11 is 0. The summed E-state index contributed by atoms with van der Waals surface area (Å²) < 4.78 is 22.5. The lowest BCUT2D eigenvalue weighted by Gasteiger charge is -2.41. The lowest BCUT2D eigenvalue weighted by Crippen LogP contribution is -2.50. The fourth-order valence-electron chi connectivity index (χ4n) is 3.70. The van der Waals surface area contributed by atoms with Crippen LogP contribution in [0.4, 0.5) is 0 Å². The van der Waals surface area contributed by atoms with Crippen molar-refractivity contribution < 1.29 is 8.42 Å². The van der Waals surface area contributed by atoms with E-state index >= 15 is 0 Å². The Bertz CT molecular complexity index is 589. The molecule has 1 saturated heterocycles. The van der Waals surface area contributed by atoms with Gasteiger partial charge in [0.25, 0.3) is 0 Å². The number of rotatable bonds is 6. The fraction of sp³-hybridized carbons (Fsp3) is 0.667. The van der Waals surface area contributed by atoms with Gasteiger partial charge in [0.15, 0.2) is 0 Å². The highest BCUT2D eigenvalue weighted by Crippen LogP contribution is 2.37. The van der Waals surface area contributed by atoms with Gasteiger partial charge in [-0.3, -0.25) is 0 Å². The number of benzene rings is 1. The molecular weight excluding hydrogens is 308 g/mol. The zero-order valence-electron chi connectivity index (χ0n) is 13.9. The van der Waals surface area contributed by atoms with Crippen LogP contribution in [0, 0.1) is 0 Å². The van der Waals surface area contributed by atoms with Crippen LogP contribution in [-0.4, -0.2) is 57.0 Å². The predicted molar refractivity (Wildman–Crippen MR) is 94.5 cm³/mol. The van der Waals surface area contributed by atoms with Crippen molar-refractivity contribution in [3.8, 4) is 0 Å². The molecule has 0 spiro atoms. The number of piperidine rings is 1. The molecule has 5 heteroatoms. The maximum absolute atomic E-state index is 11.2. The van der Waals surface area contributed by atoms with Gasteiger partial charge in [0.05, 0.1) is 5.75 Å². The second-order valence-corrected chi connectivity index (χ2v) is 9.45. The van der Waals surface area contributed by atoms with Crippen molar-refractivity contribution >= 4 is 9.84 Å². The van der Waals surface area contributed by atoms with Gasteiger partial charge in [0.1, 0.15) is 9.84 Å². The number of sulfone groups is 1. The molecular formula is C18H28N2O2S. The van der Waals surface area contributed by atoms with Crippen LogP contribution >= 0.6 is 0 Å². The first kappa shape index (κ1) is 16.9. The summed E-state index contributed by atoms with van der Waals surface area (Å²) in [5.74, 6) is 1.01. The zero-order valence-corrected chi connectivity index (χ0v) is 14.8. The normalized spacial score (nSPS) is 26.8. The third-order valence-corrected chi connectivity index (χ3v) is 6.17.